The summed E-state index contributed by atoms with van der Waals surface area (Å²) < 4.78 is 9.98. The van der Waals surface area contributed by atoms with E-state index in [2.05, 4.69) is 10.3 Å². The monoisotopic (exact) mass is 256 g/mol. The highest BCUT2D eigenvalue weighted by Gasteiger charge is 2.18. The van der Waals surface area contributed by atoms with Crippen LogP contribution >= 0.6 is 0 Å². The summed E-state index contributed by atoms with van der Waals surface area (Å²) in [6.45, 7) is 6.71. The second-order valence-electron chi connectivity index (χ2n) is 4.68. The maximum Gasteiger partial charge on any atom is 0.408 e. The van der Waals surface area contributed by atoms with Gasteiger partial charge in [-0.15, -0.1) is 0 Å². The van der Waals surface area contributed by atoms with Gasteiger partial charge >= 0.3 is 12.1 Å². The van der Waals surface area contributed by atoms with E-state index in [0.29, 0.717) is 0 Å². The second kappa shape index (κ2) is 5.07. The molecule has 0 bridgehead atoms. The van der Waals surface area contributed by atoms with Gasteiger partial charge in [-0.05, 0) is 27.7 Å². The minimum atomic E-state index is -1.19. The summed E-state index contributed by atoms with van der Waals surface area (Å²) in [4.78, 5) is 25.9. The summed E-state index contributed by atoms with van der Waals surface area (Å²) in [5.41, 5.74) is -0.327. The van der Waals surface area contributed by atoms with Gasteiger partial charge < -0.3 is 19.6 Å². The standard InChI is InChI=1S/C11H16N2O5/c1-6-8(9(14)15)17-7(13-6)5-12-10(16)18-11(2,3)4/h5H2,1-4H3,(H,12,16)(H,14,15). The molecule has 100 valence electrons. The molecular weight excluding hydrogens is 240 g/mol. The number of oxazole rings is 1. The average molecular weight is 256 g/mol. The van der Waals surface area contributed by atoms with Crippen molar-refractivity contribution in [2.24, 2.45) is 0 Å². The van der Waals surface area contributed by atoms with Crippen LogP contribution in [0.15, 0.2) is 4.42 Å². The summed E-state index contributed by atoms with van der Waals surface area (Å²) in [6.07, 6.45) is -0.616. The third-order valence-corrected chi connectivity index (χ3v) is 1.82. The topological polar surface area (TPSA) is 102 Å². The van der Waals surface area contributed by atoms with E-state index in [-0.39, 0.29) is 23.9 Å². The highest BCUT2D eigenvalue weighted by molar-refractivity contribution is 5.85. The number of carboxylic acids is 1. The van der Waals surface area contributed by atoms with Crippen molar-refractivity contribution in [1.29, 1.82) is 0 Å². The first-order chi connectivity index (χ1) is 8.19. The molecule has 0 saturated carbocycles. The Hall–Kier alpha value is -2.05. The van der Waals surface area contributed by atoms with Gasteiger partial charge in [0, 0.05) is 0 Å². The third-order valence-electron chi connectivity index (χ3n) is 1.82. The van der Waals surface area contributed by atoms with E-state index in [1.54, 1.807) is 20.8 Å². The van der Waals surface area contributed by atoms with Crippen LogP contribution in [0.4, 0.5) is 4.79 Å². The highest BCUT2D eigenvalue weighted by Crippen LogP contribution is 2.10. The molecule has 0 aliphatic rings. The molecule has 0 fully saturated rings. The number of alkyl carbamates (subject to hydrolysis) is 1. The number of aryl methyl sites for hydroxylation is 1. The van der Waals surface area contributed by atoms with E-state index < -0.39 is 17.7 Å². The maximum absolute atomic E-state index is 11.3. The van der Waals surface area contributed by atoms with E-state index in [1.165, 1.54) is 6.92 Å². The summed E-state index contributed by atoms with van der Waals surface area (Å²) in [5, 5.41) is 11.2. The number of carbonyl (C=O) groups excluding carboxylic acids is 1. The summed E-state index contributed by atoms with van der Waals surface area (Å²) >= 11 is 0. The lowest BCUT2D eigenvalue weighted by Gasteiger charge is -2.19. The van der Waals surface area contributed by atoms with Crippen molar-refractivity contribution < 1.29 is 23.8 Å². The van der Waals surface area contributed by atoms with Crippen LogP contribution in [0.1, 0.15) is 42.9 Å². The molecule has 0 saturated heterocycles. The Labute approximate surface area is 104 Å². The smallest absolute Gasteiger partial charge is 0.408 e. The van der Waals surface area contributed by atoms with Crippen LogP contribution in [0.25, 0.3) is 0 Å². The minimum absolute atomic E-state index is 0.0248. The lowest BCUT2D eigenvalue weighted by atomic mass is 10.2. The predicted octanol–water partition coefficient (Wildman–Crippen LogP) is 1.71. The molecule has 7 heteroatoms. The number of rotatable bonds is 3. The third kappa shape index (κ3) is 4.08. The van der Waals surface area contributed by atoms with E-state index in [1.807, 2.05) is 0 Å². The normalized spacial score (nSPS) is 11.1. The van der Waals surface area contributed by atoms with Crippen LogP contribution in [0, 0.1) is 6.92 Å². The van der Waals surface area contributed by atoms with Crippen molar-refractivity contribution in [2.75, 3.05) is 0 Å². The molecule has 1 rings (SSSR count). The Morgan fingerprint density at radius 2 is 2.06 bits per heavy atom. The average Bonchev–Trinajstić information content (AvgIpc) is 2.54. The van der Waals surface area contributed by atoms with Crippen molar-refractivity contribution in [3.8, 4) is 0 Å². The van der Waals surface area contributed by atoms with Crippen LogP contribution in [-0.4, -0.2) is 27.8 Å². The molecule has 1 heterocycles. The number of nitrogens with one attached hydrogen (secondary N) is 1. The lowest BCUT2D eigenvalue weighted by molar-refractivity contribution is 0.0519. The zero-order chi connectivity index (χ0) is 13.9. The Bertz CT molecular complexity index is 458. The number of aromatic carboxylic acids is 1. The fourth-order valence-corrected chi connectivity index (χ4v) is 1.19. The van der Waals surface area contributed by atoms with Gasteiger partial charge in [-0.25, -0.2) is 14.6 Å². The number of hydrogen-bond donors (Lipinski definition) is 2. The Morgan fingerprint density at radius 1 is 1.44 bits per heavy atom. The van der Waals surface area contributed by atoms with Gasteiger partial charge in [0.05, 0.1) is 12.2 Å². The minimum Gasteiger partial charge on any atom is -0.475 e. The number of ether oxygens (including phenoxy) is 1. The van der Waals surface area contributed by atoms with E-state index in [0.717, 1.165) is 0 Å². The zero-order valence-corrected chi connectivity index (χ0v) is 10.7. The molecule has 1 amide bonds. The molecule has 1 aromatic heterocycles. The largest absolute Gasteiger partial charge is 0.475 e. The molecular formula is C11H16N2O5. The molecule has 0 aliphatic carbocycles. The lowest BCUT2D eigenvalue weighted by Crippen LogP contribution is -2.32. The van der Waals surface area contributed by atoms with Gasteiger partial charge in [0.15, 0.2) is 0 Å². The van der Waals surface area contributed by atoms with E-state index >= 15 is 0 Å². The number of hydrogen-bond acceptors (Lipinski definition) is 5. The fourth-order valence-electron chi connectivity index (χ4n) is 1.19. The summed E-state index contributed by atoms with van der Waals surface area (Å²) in [6, 6.07) is 0. The molecule has 0 atom stereocenters. The maximum atomic E-state index is 11.3. The Morgan fingerprint density at radius 3 is 2.50 bits per heavy atom. The Balaban J connectivity index is 2.57. The number of carbonyl (C=O) groups is 2. The number of amides is 1. The first-order valence-electron chi connectivity index (χ1n) is 5.35. The van der Waals surface area contributed by atoms with Crippen LogP contribution in [0.3, 0.4) is 0 Å². The predicted molar refractivity (Wildman–Crippen MR) is 61.3 cm³/mol. The summed E-state index contributed by atoms with van der Waals surface area (Å²) in [5.74, 6) is -1.30. The van der Waals surface area contributed by atoms with E-state index in [4.69, 9.17) is 14.3 Å². The molecule has 0 aromatic carbocycles. The molecule has 0 spiro atoms. The molecule has 0 unspecified atom stereocenters. The second-order valence-corrected chi connectivity index (χ2v) is 4.68. The molecule has 0 radical (unpaired) electrons. The zero-order valence-electron chi connectivity index (χ0n) is 10.7. The van der Waals surface area contributed by atoms with Gasteiger partial charge in [-0.2, -0.15) is 0 Å². The number of aromatic nitrogens is 1. The van der Waals surface area contributed by atoms with Crippen molar-refractivity contribution in [1.82, 2.24) is 10.3 Å². The van der Waals surface area contributed by atoms with Gasteiger partial charge in [0.25, 0.3) is 0 Å². The van der Waals surface area contributed by atoms with E-state index in [9.17, 15) is 9.59 Å². The van der Waals surface area contributed by atoms with Crippen LogP contribution in [-0.2, 0) is 11.3 Å². The SMILES string of the molecule is Cc1nc(CNC(=O)OC(C)(C)C)oc1C(=O)O. The van der Waals surface area contributed by atoms with Crippen LogP contribution < -0.4 is 5.32 Å². The molecule has 18 heavy (non-hydrogen) atoms. The van der Waals surface area contributed by atoms with Gasteiger partial charge in [-0.3, -0.25) is 0 Å². The van der Waals surface area contributed by atoms with Gasteiger partial charge in [0.1, 0.15) is 5.60 Å². The quantitative estimate of drug-likeness (QED) is 0.853. The fraction of sp³-hybridized carbons (Fsp3) is 0.545. The number of nitrogens with zero attached hydrogens (tertiary/aromatic N) is 1. The first kappa shape index (κ1) is 14.0. The molecule has 2 N–H and O–H groups in total. The molecule has 0 aliphatic heterocycles. The van der Waals surface area contributed by atoms with Crippen LogP contribution in [0.5, 0.6) is 0 Å². The van der Waals surface area contributed by atoms with Crippen LogP contribution in [0.2, 0.25) is 0 Å². The van der Waals surface area contributed by atoms with Gasteiger partial charge in [0.2, 0.25) is 11.7 Å². The van der Waals surface area contributed by atoms with Gasteiger partial charge in [-0.1, -0.05) is 0 Å². The summed E-state index contributed by atoms with van der Waals surface area (Å²) in [7, 11) is 0. The molecule has 1 aromatic rings. The van der Waals surface area contributed by atoms with Crippen molar-refractivity contribution >= 4 is 12.1 Å². The molecule has 7 nitrogen and oxygen atoms in total. The first-order valence-corrected chi connectivity index (χ1v) is 5.35. The van der Waals surface area contributed by atoms with Crippen molar-refractivity contribution in [3.63, 3.8) is 0 Å². The van der Waals surface area contributed by atoms with Crippen molar-refractivity contribution in [2.45, 2.75) is 39.8 Å². The Kier molecular flexibility index (Phi) is 3.95. The van der Waals surface area contributed by atoms with Crippen molar-refractivity contribution in [3.05, 3.63) is 17.3 Å². The number of carboxylic acid groups (broad SMARTS) is 1. The highest BCUT2D eigenvalue weighted by atomic mass is 16.6.